The van der Waals surface area contributed by atoms with Crippen LogP contribution in [-0.2, 0) is 19.2 Å². The van der Waals surface area contributed by atoms with Crippen molar-refractivity contribution >= 4 is 23.7 Å². The van der Waals surface area contributed by atoms with Gasteiger partial charge in [-0.1, -0.05) is 13.8 Å². The summed E-state index contributed by atoms with van der Waals surface area (Å²) >= 11 is 0. The van der Waals surface area contributed by atoms with E-state index in [0.29, 0.717) is 6.42 Å². The first-order valence-corrected chi connectivity index (χ1v) is 7.56. The molecule has 10 heteroatoms. The van der Waals surface area contributed by atoms with Crippen LogP contribution in [0.3, 0.4) is 0 Å². The highest BCUT2D eigenvalue weighted by Gasteiger charge is 2.27. The molecule has 0 aromatic heterocycles. The molecule has 0 saturated heterocycles. The summed E-state index contributed by atoms with van der Waals surface area (Å²) in [5.41, 5.74) is 10.6. The lowest BCUT2D eigenvalue weighted by atomic mass is 10.0. The first kappa shape index (κ1) is 21.8. The quantitative estimate of drug-likeness (QED) is 0.242. The molecule has 0 aliphatic rings. The molecule has 3 atom stereocenters. The van der Waals surface area contributed by atoms with Gasteiger partial charge in [0.1, 0.15) is 12.1 Å². The number of nitrogens with two attached hydrogens (primary N) is 2. The molecule has 0 fully saturated rings. The number of primary amides is 1. The molecule has 0 rings (SSSR count). The molecular formula is C14H26N4O6. The van der Waals surface area contributed by atoms with Crippen molar-refractivity contribution in [1.82, 2.24) is 10.6 Å². The Morgan fingerprint density at radius 2 is 1.58 bits per heavy atom. The monoisotopic (exact) mass is 346 g/mol. The molecule has 10 nitrogen and oxygen atoms in total. The predicted molar refractivity (Wildman–Crippen MR) is 84.4 cm³/mol. The number of amides is 3. The van der Waals surface area contributed by atoms with E-state index in [1.165, 1.54) is 0 Å². The third-order valence-corrected chi connectivity index (χ3v) is 3.17. The second-order valence-electron chi connectivity index (χ2n) is 5.88. The van der Waals surface area contributed by atoms with Crippen molar-refractivity contribution in [2.75, 3.05) is 6.61 Å². The summed E-state index contributed by atoms with van der Waals surface area (Å²) in [4.78, 5) is 45.7. The van der Waals surface area contributed by atoms with E-state index < -0.39 is 48.4 Å². The topological polar surface area (TPSA) is 185 Å². The van der Waals surface area contributed by atoms with E-state index in [1.807, 2.05) is 13.8 Å². The van der Waals surface area contributed by atoms with E-state index in [0.717, 1.165) is 0 Å². The van der Waals surface area contributed by atoms with Gasteiger partial charge in [-0.05, 0) is 18.8 Å². The highest BCUT2D eigenvalue weighted by Crippen LogP contribution is 2.03. The van der Waals surface area contributed by atoms with E-state index >= 15 is 0 Å². The number of nitrogens with one attached hydrogen (secondary N) is 2. The molecule has 24 heavy (non-hydrogen) atoms. The van der Waals surface area contributed by atoms with Crippen molar-refractivity contribution in [3.05, 3.63) is 0 Å². The average molecular weight is 346 g/mol. The maximum atomic E-state index is 12.0. The lowest BCUT2D eigenvalue weighted by Gasteiger charge is -2.21. The van der Waals surface area contributed by atoms with Crippen LogP contribution < -0.4 is 22.1 Å². The Labute approximate surface area is 139 Å². The minimum Gasteiger partial charge on any atom is -0.480 e. The largest absolute Gasteiger partial charge is 0.480 e. The van der Waals surface area contributed by atoms with E-state index in [1.54, 1.807) is 0 Å². The molecular weight excluding hydrogens is 320 g/mol. The molecule has 0 spiro atoms. The Kier molecular flexibility index (Phi) is 9.58. The van der Waals surface area contributed by atoms with Crippen LogP contribution in [0.1, 0.15) is 33.1 Å². The number of hydrogen-bond acceptors (Lipinski definition) is 6. The van der Waals surface area contributed by atoms with Crippen LogP contribution in [0.25, 0.3) is 0 Å². The van der Waals surface area contributed by atoms with Crippen molar-refractivity contribution in [2.24, 2.45) is 17.4 Å². The lowest BCUT2D eigenvalue weighted by Crippen LogP contribution is -2.56. The van der Waals surface area contributed by atoms with E-state index in [-0.39, 0.29) is 18.8 Å². The molecule has 138 valence electrons. The molecule has 0 saturated carbocycles. The van der Waals surface area contributed by atoms with Crippen molar-refractivity contribution in [3.8, 4) is 0 Å². The molecule has 0 heterocycles. The highest BCUT2D eigenvalue weighted by atomic mass is 16.4. The smallest absolute Gasteiger partial charge is 0.326 e. The van der Waals surface area contributed by atoms with Gasteiger partial charge < -0.3 is 32.3 Å². The van der Waals surface area contributed by atoms with Gasteiger partial charge in [-0.3, -0.25) is 14.4 Å². The summed E-state index contributed by atoms with van der Waals surface area (Å²) in [5.74, 6) is -3.41. The minimum absolute atomic E-state index is 0.164. The molecule has 0 aromatic rings. The molecule has 0 unspecified atom stereocenters. The molecule has 0 bridgehead atoms. The molecule has 3 amide bonds. The van der Waals surface area contributed by atoms with Gasteiger partial charge in [0.2, 0.25) is 17.7 Å². The summed E-state index contributed by atoms with van der Waals surface area (Å²) in [6.45, 7) is 3.02. The Morgan fingerprint density at radius 3 is 2.00 bits per heavy atom. The van der Waals surface area contributed by atoms with Gasteiger partial charge in [-0.25, -0.2) is 4.79 Å². The lowest BCUT2D eigenvalue weighted by molar-refractivity contribution is -0.142. The van der Waals surface area contributed by atoms with Crippen LogP contribution in [0, 0.1) is 5.92 Å². The highest BCUT2D eigenvalue weighted by molar-refractivity contribution is 5.92. The summed E-state index contributed by atoms with van der Waals surface area (Å²) in [5, 5.41) is 22.7. The van der Waals surface area contributed by atoms with Gasteiger partial charge in [0.15, 0.2) is 0 Å². The molecule has 0 aromatic carbocycles. The summed E-state index contributed by atoms with van der Waals surface area (Å²) in [7, 11) is 0. The fraction of sp³-hybridized carbons (Fsp3) is 0.714. The van der Waals surface area contributed by atoms with Crippen molar-refractivity contribution in [2.45, 2.75) is 51.2 Å². The van der Waals surface area contributed by atoms with Gasteiger partial charge in [-0.2, -0.15) is 0 Å². The zero-order chi connectivity index (χ0) is 18.9. The number of carbonyl (C=O) groups excluding carboxylic acids is 3. The average Bonchev–Trinajstić information content (AvgIpc) is 2.47. The second kappa shape index (κ2) is 10.6. The Hall–Kier alpha value is -2.20. The molecule has 0 aliphatic heterocycles. The number of aliphatic carboxylic acids is 1. The minimum atomic E-state index is -1.36. The van der Waals surface area contributed by atoms with Crippen molar-refractivity contribution < 1.29 is 29.4 Å². The number of hydrogen-bond donors (Lipinski definition) is 6. The number of carboxylic acids is 1. The number of carboxylic acid groups (broad SMARTS) is 1. The zero-order valence-corrected chi connectivity index (χ0v) is 13.8. The normalized spacial score (nSPS) is 14.5. The molecule has 0 aliphatic carbocycles. The first-order valence-electron chi connectivity index (χ1n) is 7.56. The van der Waals surface area contributed by atoms with Crippen molar-refractivity contribution in [3.63, 3.8) is 0 Å². The second-order valence-corrected chi connectivity index (χ2v) is 5.88. The SMILES string of the molecule is CC(C)C[C@H](N)C(=O)N[C@@H](CO)C(=O)N[C@@H](CCC(N)=O)C(=O)O. The van der Waals surface area contributed by atoms with Crippen LogP contribution in [0.4, 0.5) is 0 Å². The van der Waals surface area contributed by atoms with Crippen molar-refractivity contribution in [1.29, 1.82) is 0 Å². The number of aliphatic hydroxyl groups is 1. The van der Waals surface area contributed by atoms with Crippen LogP contribution in [0.2, 0.25) is 0 Å². The van der Waals surface area contributed by atoms with E-state index in [9.17, 15) is 24.3 Å². The summed E-state index contributed by atoms with van der Waals surface area (Å²) in [6.07, 6.45) is -0.0377. The van der Waals surface area contributed by atoms with Crippen LogP contribution in [0.5, 0.6) is 0 Å². The van der Waals surface area contributed by atoms with E-state index in [2.05, 4.69) is 10.6 Å². The van der Waals surface area contributed by atoms with E-state index in [4.69, 9.17) is 16.6 Å². The Morgan fingerprint density at radius 1 is 1.04 bits per heavy atom. The number of aliphatic hydroxyl groups excluding tert-OH is 1. The zero-order valence-electron chi connectivity index (χ0n) is 13.8. The van der Waals surface area contributed by atoms with Gasteiger partial charge in [0.05, 0.1) is 12.6 Å². The van der Waals surface area contributed by atoms with Gasteiger partial charge in [-0.15, -0.1) is 0 Å². The predicted octanol–water partition coefficient (Wildman–Crippen LogP) is -2.33. The fourth-order valence-electron chi connectivity index (χ4n) is 1.90. The van der Waals surface area contributed by atoms with Gasteiger partial charge in [0.25, 0.3) is 0 Å². The summed E-state index contributed by atoms with van der Waals surface area (Å²) in [6, 6.07) is -3.55. The van der Waals surface area contributed by atoms with Crippen LogP contribution in [0.15, 0.2) is 0 Å². The maximum absolute atomic E-state index is 12.0. The van der Waals surface area contributed by atoms with Crippen LogP contribution >= 0.6 is 0 Å². The maximum Gasteiger partial charge on any atom is 0.326 e. The Bertz CT molecular complexity index is 468. The van der Waals surface area contributed by atoms with Gasteiger partial charge >= 0.3 is 5.97 Å². The summed E-state index contributed by atoms with van der Waals surface area (Å²) < 4.78 is 0. The molecule has 0 radical (unpaired) electrons. The standard InChI is InChI=1S/C14H26N4O6/c1-7(2)5-8(15)12(21)18-10(6-19)13(22)17-9(14(23)24)3-4-11(16)20/h7-10,19H,3-6,15H2,1-2H3,(H2,16,20)(H,17,22)(H,18,21)(H,23,24)/t8-,9-,10-/m0/s1. The third-order valence-electron chi connectivity index (χ3n) is 3.17. The third kappa shape index (κ3) is 8.44. The Balaban J connectivity index is 4.73. The fourth-order valence-corrected chi connectivity index (χ4v) is 1.90. The first-order chi connectivity index (χ1) is 11.1. The molecule has 8 N–H and O–H groups in total. The van der Waals surface area contributed by atoms with Crippen LogP contribution in [-0.4, -0.2) is 58.6 Å². The number of rotatable bonds is 11. The number of carbonyl (C=O) groups is 4. The van der Waals surface area contributed by atoms with Gasteiger partial charge in [0, 0.05) is 6.42 Å².